The van der Waals surface area contributed by atoms with Crippen molar-refractivity contribution in [3.8, 4) is 11.4 Å². The van der Waals surface area contributed by atoms with Gasteiger partial charge < -0.3 is 9.84 Å². The predicted molar refractivity (Wildman–Crippen MR) is 71.0 cm³/mol. The average Bonchev–Trinajstić information content (AvgIpc) is 2.88. The van der Waals surface area contributed by atoms with Crippen molar-refractivity contribution in [2.24, 2.45) is 0 Å². The minimum Gasteiger partial charge on any atom is -0.481 e. The number of hydrogen-bond donors (Lipinski definition) is 1. The number of hydrogen-bond acceptors (Lipinski definition) is 5. The molecule has 0 aliphatic heterocycles. The summed E-state index contributed by atoms with van der Waals surface area (Å²) in [5.74, 6) is -0.835. The highest BCUT2D eigenvalue weighted by molar-refractivity contribution is 5.67. The molecule has 2 aromatic rings. The number of methoxy groups -OCH3 is 1. The Morgan fingerprint density at radius 3 is 2.90 bits per heavy atom. The van der Waals surface area contributed by atoms with E-state index in [9.17, 15) is 9.18 Å². The summed E-state index contributed by atoms with van der Waals surface area (Å²) in [5.41, 5.74) is 1.14. The van der Waals surface area contributed by atoms with E-state index in [-0.39, 0.29) is 18.8 Å². The van der Waals surface area contributed by atoms with Crippen molar-refractivity contribution in [1.82, 2.24) is 20.2 Å². The molecule has 0 radical (unpaired) electrons. The fourth-order valence-corrected chi connectivity index (χ4v) is 1.93. The third kappa shape index (κ3) is 3.60. The van der Waals surface area contributed by atoms with E-state index in [4.69, 9.17) is 9.84 Å². The molecule has 1 heterocycles. The van der Waals surface area contributed by atoms with Gasteiger partial charge in [-0.2, -0.15) is 0 Å². The van der Waals surface area contributed by atoms with E-state index in [0.717, 1.165) is 0 Å². The number of aliphatic carboxylic acids is 1. The molecule has 0 aliphatic rings. The maximum Gasteiger partial charge on any atom is 0.306 e. The van der Waals surface area contributed by atoms with E-state index in [1.165, 1.54) is 17.9 Å². The zero-order chi connectivity index (χ0) is 15.4. The minimum atomic E-state index is -0.964. The number of rotatable bonds is 6. The van der Waals surface area contributed by atoms with Gasteiger partial charge in [-0.3, -0.25) is 4.79 Å². The normalized spacial score (nSPS) is 12.3. The molecule has 1 unspecified atom stereocenters. The molecule has 0 aliphatic carbocycles. The van der Waals surface area contributed by atoms with Crippen molar-refractivity contribution in [3.63, 3.8) is 0 Å². The molecule has 0 saturated carbocycles. The number of tetrazole rings is 1. The van der Waals surface area contributed by atoms with Gasteiger partial charge in [-0.15, -0.1) is 5.10 Å². The van der Waals surface area contributed by atoms with Gasteiger partial charge in [-0.25, -0.2) is 9.07 Å². The maximum atomic E-state index is 13.3. The topological polar surface area (TPSA) is 90.1 Å². The highest BCUT2D eigenvalue weighted by Gasteiger charge is 2.17. The lowest BCUT2D eigenvalue weighted by atomic mass is 10.1. The monoisotopic (exact) mass is 294 g/mol. The Kier molecular flexibility index (Phi) is 4.59. The van der Waals surface area contributed by atoms with Crippen molar-refractivity contribution in [1.29, 1.82) is 0 Å². The molecule has 1 atom stereocenters. The van der Waals surface area contributed by atoms with Crippen LogP contribution in [-0.2, 0) is 16.1 Å². The first-order valence-electron chi connectivity index (χ1n) is 6.28. The quantitative estimate of drug-likeness (QED) is 0.863. The van der Waals surface area contributed by atoms with Crippen molar-refractivity contribution < 1.29 is 19.0 Å². The summed E-state index contributed by atoms with van der Waals surface area (Å²) in [6.07, 6.45) is -0.704. The van der Waals surface area contributed by atoms with Crippen LogP contribution in [0.3, 0.4) is 0 Å². The van der Waals surface area contributed by atoms with Crippen LogP contribution in [-0.4, -0.2) is 44.5 Å². The summed E-state index contributed by atoms with van der Waals surface area (Å²) in [6.45, 7) is 1.84. The second-order valence-corrected chi connectivity index (χ2v) is 4.60. The lowest BCUT2D eigenvalue weighted by molar-refractivity contribution is -0.140. The average molecular weight is 294 g/mol. The predicted octanol–water partition coefficient (Wildman–Crippen LogP) is 1.28. The van der Waals surface area contributed by atoms with E-state index >= 15 is 0 Å². The molecular formula is C13H15FN4O3. The molecule has 1 aromatic heterocycles. The Balaban J connectivity index is 2.25. The lowest BCUT2D eigenvalue weighted by Crippen LogP contribution is -2.23. The number of ether oxygens (including phenoxy) is 1. The van der Waals surface area contributed by atoms with Crippen LogP contribution in [0.25, 0.3) is 11.4 Å². The number of aromatic nitrogens is 4. The van der Waals surface area contributed by atoms with Gasteiger partial charge in [-0.1, -0.05) is 0 Å². The first-order valence-corrected chi connectivity index (χ1v) is 6.28. The second kappa shape index (κ2) is 6.40. The molecule has 112 valence electrons. The zero-order valence-electron chi connectivity index (χ0n) is 11.7. The van der Waals surface area contributed by atoms with Crippen LogP contribution < -0.4 is 0 Å². The van der Waals surface area contributed by atoms with Crippen molar-refractivity contribution in [2.75, 3.05) is 7.11 Å². The first kappa shape index (κ1) is 15.0. The van der Waals surface area contributed by atoms with Gasteiger partial charge >= 0.3 is 5.97 Å². The Morgan fingerprint density at radius 2 is 2.29 bits per heavy atom. The number of carboxylic acids is 1. The van der Waals surface area contributed by atoms with E-state index in [0.29, 0.717) is 17.0 Å². The first-order chi connectivity index (χ1) is 10.0. The standard InChI is InChI=1S/C13H15FN4O3/c1-8-5-9(3-4-11(8)14)13-15-16-17-18(13)7-10(21-2)6-12(19)20/h3-5,10H,6-7H2,1-2H3,(H,19,20). The van der Waals surface area contributed by atoms with Gasteiger partial charge in [0, 0.05) is 12.7 Å². The third-order valence-corrected chi connectivity index (χ3v) is 3.06. The molecule has 8 heteroatoms. The van der Waals surface area contributed by atoms with E-state index in [1.54, 1.807) is 19.1 Å². The lowest BCUT2D eigenvalue weighted by Gasteiger charge is -2.13. The molecule has 0 fully saturated rings. The smallest absolute Gasteiger partial charge is 0.306 e. The van der Waals surface area contributed by atoms with Gasteiger partial charge in [0.05, 0.1) is 19.1 Å². The Morgan fingerprint density at radius 1 is 1.52 bits per heavy atom. The SMILES string of the molecule is COC(CC(=O)O)Cn1nnnc1-c1ccc(F)c(C)c1. The number of carbonyl (C=O) groups is 1. The van der Waals surface area contributed by atoms with Crippen molar-refractivity contribution in [3.05, 3.63) is 29.6 Å². The van der Waals surface area contributed by atoms with Gasteiger partial charge in [0.25, 0.3) is 0 Å². The van der Waals surface area contributed by atoms with Crippen molar-refractivity contribution >= 4 is 5.97 Å². The Bertz CT molecular complexity index is 644. The van der Waals surface area contributed by atoms with E-state index < -0.39 is 12.1 Å². The summed E-state index contributed by atoms with van der Waals surface area (Å²) in [6, 6.07) is 4.55. The number of halogens is 1. The van der Waals surface area contributed by atoms with Gasteiger partial charge in [0.1, 0.15) is 5.82 Å². The summed E-state index contributed by atoms with van der Waals surface area (Å²) >= 11 is 0. The third-order valence-electron chi connectivity index (χ3n) is 3.06. The molecule has 2 rings (SSSR count). The van der Waals surface area contributed by atoms with Crippen LogP contribution in [0.15, 0.2) is 18.2 Å². The molecule has 21 heavy (non-hydrogen) atoms. The summed E-state index contributed by atoms with van der Waals surface area (Å²) < 4.78 is 19.9. The molecule has 0 saturated heterocycles. The molecule has 7 nitrogen and oxygen atoms in total. The van der Waals surface area contributed by atoms with Gasteiger partial charge in [0.15, 0.2) is 5.82 Å². The van der Waals surface area contributed by atoms with Crippen molar-refractivity contribution in [2.45, 2.75) is 26.0 Å². The number of aryl methyl sites for hydroxylation is 1. The van der Waals surface area contributed by atoms with Crippen LogP contribution >= 0.6 is 0 Å². The molecule has 1 aromatic carbocycles. The number of carboxylic acid groups (broad SMARTS) is 1. The molecule has 1 N–H and O–H groups in total. The minimum absolute atomic E-state index is 0.155. The van der Waals surface area contributed by atoms with E-state index in [1.807, 2.05) is 0 Å². The van der Waals surface area contributed by atoms with Gasteiger partial charge in [-0.05, 0) is 41.1 Å². The molecule has 0 amide bonds. The highest BCUT2D eigenvalue weighted by Crippen LogP contribution is 2.19. The van der Waals surface area contributed by atoms with Crippen LogP contribution in [0.2, 0.25) is 0 Å². The second-order valence-electron chi connectivity index (χ2n) is 4.60. The number of nitrogens with zero attached hydrogens (tertiary/aromatic N) is 4. The summed E-state index contributed by atoms with van der Waals surface area (Å²) in [5, 5.41) is 20.1. The molecule has 0 spiro atoms. The largest absolute Gasteiger partial charge is 0.481 e. The maximum absolute atomic E-state index is 13.3. The van der Waals surface area contributed by atoms with Crippen LogP contribution in [0.4, 0.5) is 4.39 Å². The zero-order valence-corrected chi connectivity index (χ0v) is 11.7. The molecule has 0 bridgehead atoms. The Labute approximate surface area is 120 Å². The number of benzene rings is 1. The molecular weight excluding hydrogens is 279 g/mol. The summed E-state index contributed by atoms with van der Waals surface area (Å²) in [7, 11) is 1.43. The van der Waals surface area contributed by atoms with E-state index in [2.05, 4.69) is 15.5 Å². The van der Waals surface area contributed by atoms with Crippen LogP contribution in [0.5, 0.6) is 0 Å². The Hall–Kier alpha value is -2.35. The fourth-order valence-electron chi connectivity index (χ4n) is 1.93. The van der Waals surface area contributed by atoms with Crippen LogP contribution in [0.1, 0.15) is 12.0 Å². The summed E-state index contributed by atoms with van der Waals surface area (Å²) in [4.78, 5) is 10.8. The highest BCUT2D eigenvalue weighted by atomic mass is 19.1. The fraction of sp³-hybridized carbons (Fsp3) is 0.385. The van der Waals surface area contributed by atoms with Crippen LogP contribution in [0, 0.1) is 12.7 Å². The van der Waals surface area contributed by atoms with Gasteiger partial charge in [0.2, 0.25) is 0 Å².